The number of amides is 2. The second-order valence-corrected chi connectivity index (χ2v) is 5.81. The van der Waals surface area contributed by atoms with Gasteiger partial charge >= 0.3 is 0 Å². The molecule has 0 unspecified atom stereocenters. The van der Waals surface area contributed by atoms with E-state index in [4.69, 9.17) is 17.0 Å². The molecular weight excluding hydrogens is 384 g/mol. The first kappa shape index (κ1) is 17.2. The Bertz CT molecular complexity index is 745. The number of nitrogens with one attached hydrogen (secondary N) is 1. The van der Waals surface area contributed by atoms with Crippen LogP contribution >= 0.6 is 28.1 Å². The molecule has 120 valence electrons. The number of rotatable bonds is 4. The molecule has 1 aliphatic rings. The van der Waals surface area contributed by atoms with Crippen LogP contribution in [0.3, 0.4) is 0 Å². The first-order valence-corrected chi connectivity index (χ1v) is 7.65. The highest BCUT2D eigenvalue weighted by Crippen LogP contribution is 2.33. The fourth-order valence-corrected chi connectivity index (χ4v) is 2.75. The Kier molecular flexibility index (Phi) is 5.17. The minimum absolute atomic E-state index is 0.0252. The molecule has 1 heterocycles. The Labute approximate surface area is 146 Å². The summed E-state index contributed by atoms with van der Waals surface area (Å²) in [6.07, 6.45) is 2.80. The van der Waals surface area contributed by atoms with Gasteiger partial charge < -0.3 is 9.84 Å². The van der Waals surface area contributed by atoms with E-state index in [9.17, 15) is 14.7 Å². The summed E-state index contributed by atoms with van der Waals surface area (Å²) in [6.45, 7) is 3.72. The van der Waals surface area contributed by atoms with Crippen LogP contribution in [-0.4, -0.2) is 40.6 Å². The number of nitrogens with zero attached hydrogens (tertiary/aromatic N) is 1. The van der Waals surface area contributed by atoms with E-state index in [-0.39, 0.29) is 23.0 Å². The molecule has 23 heavy (non-hydrogen) atoms. The summed E-state index contributed by atoms with van der Waals surface area (Å²) in [7, 11) is 1.46. The van der Waals surface area contributed by atoms with Gasteiger partial charge in [0, 0.05) is 18.2 Å². The van der Waals surface area contributed by atoms with Gasteiger partial charge in [0.15, 0.2) is 5.11 Å². The molecular formula is C15H13BrN2O4S. The van der Waals surface area contributed by atoms with E-state index in [0.29, 0.717) is 15.8 Å². The van der Waals surface area contributed by atoms with Gasteiger partial charge in [-0.05, 0) is 40.3 Å². The highest BCUT2D eigenvalue weighted by Gasteiger charge is 2.32. The Balaban J connectivity index is 2.47. The second kappa shape index (κ2) is 6.93. The number of aromatic hydroxyl groups is 1. The highest BCUT2D eigenvalue weighted by atomic mass is 79.9. The maximum atomic E-state index is 12.4. The molecule has 6 nitrogen and oxygen atoms in total. The highest BCUT2D eigenvalue weighted by molar-refractivity contribution is 9.10. The van der Waals surface area contributed by atoms with Crippen LogP contribution < -0.4 is 10.1 Å². The van der Waals surface area contributed by atoms with E-state index in [1.165, 1.54) is 30.2 Å². The van der Waals surface area contributed by atoms with Gasteiger partial charge in [-0.3, -0.25) is 19.8 Å². The van der Waals surface area contributed by atoms with E-state index < -0.39 is 11.8 Å². The van der Waals surface area contributed by atoms with Gasteiger partial charge in [0.25, 0.3) is 11.8 Å². The molecule has 0 radical (unpaired) electrons. The van der Waals surface area contributed by atoms with Gasteiger partial charge in [-0.15, -0.1) is 6.58 Å². The normalized spacial score (nSPS) is 16.5. The third-order valence-corrected chi connectivity index (χ3v) is 4.04. The minimum atomic E-state index is -0.619. The van der Waals surface area contributed by atoms with Crippen LogP contribution in [0.4, 0.5) is 0 Å². The first-order chi connectivity index (χ1) is 10.9. The Morgan fingerprint density at radius 2 is 2.17 bits per heavy atom. The zero-order valence-electron chi connectivity index (χ0n) is 12.1. The number of hydrogen-bond acceptors (Lipinski definition) is 5. The SMILES string of the molecule is C=CCN1C(=O)/C(=C/c2cc(Br)c(OC)cc2O)C(=O)NC1=S. The van der Waals surface area contributed by atoms with Crippen LogP contribution in [0, 0.1) is 0 Å². The molecule has 1 saturated heterocycles. The second-order valence-electron chi connectivity index (χ2n) is 4.57. The van der Waals surface area contributed by atoms with Crippen molar-refractivity contribution in [3.63, 3.8) is 0 Å². The molecule has 1 aromatic carbocycles. The molecule has 1 fully saturated rings. The van der Waals surface area contributed by atoms with Crippen LogP contribution in [0.15, 0.2) is 34.8 Å². The summed E-state index contributed by atoms with van der Waals surface area (Å²) in [6, 6.07) is 2.93. The van der Waals surface area contributed by atoms with Gasteiger partial charge in [-0.25, -0.2) is 0 Å². The van der Waals surface area contributed by atoms with E-state index in [0.717, 1.165) is 0 Å². The van der Waals surface area contributed by atoms with Crippen molar-refractivity contribution in [3.8, 4) is 11.5 Å². The van der Waals surface area contributed by atoms with Gasteiger partial charge in [0.2, 0.25) is 0 Å². The van der Waals surface area contributed by atoms with Gasteiger partial charge in [-0.2, -0.15) is 0 Å². The van der Waals surface area contributed by atoms with Gasteiger partial charge in [0.05, 0.1) is 11.6 Å². The maximum Gasteiger partial charge on any atom is 0.265 e. The molecule has 0 aromatic heterocycles. The van der Waals surface area contributed by atoms with E-state index in [2.05, 4.69) is 27.8 Å². The van der Waals surface area contributed by atoms with Crippen LogP contribution in [0.2, 0.25) is 0 Å². The van der Waals surface area contributed by atoms with Crippen molar-refractivity contribution in [2.24, 2.45) is 0 Å². The van der Waals surface area contributed by atoms with Crippen LogP contribution in [0.25, 0.3) is 6.08 Å². The zero-order valence-corrected chi connectivity index (χ0v) is 14.5. The number of thiocarbonyl (C=S) groups is 1. The van der Waals surface area contributed by atoms with Gasteiger partial charge in [-0.1, -0.05) is 6.08 Å². The minimum Gasteiger partial charge on any atom is -0.507 e. The molecule has 1 aliphatic heterocycles. The van der Waals surface area contributed by atoms with Gasteiger partial charge in [0.1, 0.15) is 17.1 Å². The number of phenolic OH excluding ortho intramolecular Hbond substituents is 1. The molecule has 0 spiro atoms. The molecule has 0 bridgehead atoms. The monoisotopic (exact) mass is 396 g/mol. The predicted molar refractivity (Wildman–Crippen MR) is 93.0 cm³/mol. The summed E-state index contributed by atoms with van der Waals surface area (Å²) in [5, 5.41) is 12.5. The summed E-state index contributed by atoms with van der Waals surface area (Å²) in [5.41, 5.74) is 0.162. The van der Waals surface area contributed by atoms with Crippen LogP contribution in [-0.2, 0) is 9.59 Å². The Morgan fingerprint density at radius 3 is 2.78 bits per heavy atom. The number of methoxy groups -OCH3 is 1. The molecule has 0 atom stereocenters. The average molecular weight is 397 g/mol. The van der Waals surface area contributed by atoms with E-state index in [1.807, 2.05) is 0 Å². The van der Waals surface area contributed by atoms with E-state index >= 15 is 0 Å². The van der Waals surface area contributed by atoms with E-state index in [1.54, 1.807) is 6.07 Å². The molecule has 0 aliphatic carbocycles. The lowest BCUT2D eigenvalue weighted by Gasteiger charge is -2.27. The van der Waals surface area contributed by atoms with Crippen molar-refractivity contribution < 1.29 is 19.4 Å². The molecule has 1 aromatic rings. The van der Waals surface area contributed by atoms with Crippen LogP contribution in [0.1, 0.15) is 5.56 Å². The zero-order chi connectivity index (χ0) is 17.1. The summed E-state index contributed by atoms with van der Waals surface area (Å²) < 4.78 is 5.64. The summed E-state index contributed by atoms with van der Waals surface area (Å²) in [4.78, 5) is 25.6. The third kappa shape index (κ3) is 3.43. The fourth-order valence-electron chi connectivity index (χ4n) is 1.97. The lowest BCUT2D eigenvalue weighted by Crippen LogP contribution is -2.53. The molecule has 2 amide bonds. The average Bonchev–Trinajstić information content (AvgIpc) is 2.50. The quantitative estimate of drug-likeness (QED) is 0.352. The Morgan fingerprint density at radius 1 is 1.48 bits per heavy atom. The topological polar surface area (TPSA) is 78.9 Å². The molecule has 8 heteroatoms. The number of phenols is 1. The Hall–Kier alpha value is -2.19. The molecule has 0 saturated carbocycles. The van der Waals surface area contributed by atoms with Crippen LogP contribution in [0.5, 0.6) is 11.5 Å². The number of halogens is 1. The van der Waals surface area contributed by atoms with Crippen molar-refractivity contribution in [3.05, 3.63) is 40.4 Å². The van der Waals surface area contributed by atoms with Crippen molar-refractivity contribution in [2.45, 2.75) is 0 Å². The number of carbonyl (C=O) groups excluding carboxylic acids is 2. The first-order valence-electron chi connectivity index (χ1n) is 6.45. The summed E-state index contributed by atoms with van der Waals surface area (Å²) >= 11 is 8.26. The lowest BCUT2D eigenvalue weighted by molar-refractivity contribution is -0.128. The van der Waals surface area contributed by atoms with Crippen molar-refractivity contribution in [1.82, 2.24) is 10.2 Å². The lowest BCUT2D eigenvalue weighted by atomic mass is 10.1. The number of benzene rings is 1. The standard InChI is InChI=1S/C15H13BrN2O4S/c1-3-4-18-14(21)9(13(20)17-15(18)23)5-8-6-10(16)12(22-2)7-11(8)19/h3,5-7,19H,1,4H2,2H3,(H,17,20,23)/b9-5+. The number of hydrogen-bond donors (Lipinski definition) is 2. The maximum absolute atomic E-state index is 12.4. The third-order valence-electron chi connectivity index (χ3n) is 3.10. The largest absolute Gasteiger partial charge is 0.507 e. The number of ether oxygens (including phenoxy) is 1. The predicted octanol–water partition coefficient (Wildman–Crippen LogP) is 1.98. The fraction of sp³-hybridized carbons (Fsp3) is 0.133. The van der Waals surface area contributed by atoms with Crippen molar-refractivity contribution >= 4 is 51.2 Å². The van der Waals surface area contributed by atoms with Crippen molar-refractivity contribution in [1.29, 1.82) is 0 Å². The molecule has 2 rings (SSSR count). The summed E-state index contributed by atoms with van der Waals surface area (Å²) in [5.74, 6) is -0.864. The molecule has 2 N–H and O–H groups in total. The smallest absolute Gasteiger partial charge is 0.265 e. The number of carbonyl (C=O) groups is 2. The van der Waals surface area contributed by atoms with Crippen molar-refractivity contribution in [2.75, 3.05) is 13.7 Å².